The molecule has 0 bridgehead atoms. The molecule has 1 heterocycles. The molecule has 0 N–H and O–H groups in total. The molecule has 0 aliphatic carbocycles. The van der Waals surface area contributed by atoms with Crippen LogP contribution in [0.4, 0.5) is 0 Å². The lowest BCUT2D eigenvalue weighted by molar-refractivity contribution is 0.0561. The first kappa shape index (κ1) is 14.1. The zero-order valence-corrected chi connectivity index (χ0v) is 11.3. The van der Waals surface area contributed by atoms with E-state index < -0.39 is 5.97 Å². The molecule has 0 unspecified atom stereocenters. The third kappa shape index (κ3) is 3.19. The largest absolute Gasteiger partial charge is 0.484 e. The molecule has 5 nitrogen and oxygen atoms in total. The number of benzene rings is 1. The molecule has 20 heavy (non-hydrogen) atoms. The topological polar surface area (TPSA) is 65.7 Å². The zero-order valence-electron chi connectivity index (χ0n) is 10.6. The van der Waals surface area contributed by atoms with Crippen LogP contribution in [-0.4, -0.2) is 19.4 Å². The van der Waals surface area contributed by atoms with Gasteiger partial charge in [0, 0.05) is 5.56 Å². The van der Waals surface area contributed by atoms with Gasteiger partial charge in [-0.3, -0.25) is 4.79 Å². The van der Waals surface area contributed by atoms with Crippen molar-refractivity contribution in [3.63, 3.8) is 0 Å². The second kappa shape index (κ2) is 6.25. The van der Waals surface area contributed by atoms with Crippen LogP contribution in [0.15, 0.2) is 34.7 Å². The molecule has 0 fully saturated rings. The number of esters is 1. The number of hydrogen-bond donors (Lipinski definition) is 0. The Balaban J connectivity index is 2.03. The average molecular weight is 295 g/mol. The van der Waals surface area contributed by atoms with Gasteiger partial charge in [0.2, 0.25) is 5.76 Å². The third-order valence-corrected chi connectivity index (χ3v) is 2.81. The van der Waals surface area contributed by atoms with Crippen molar-refractivity contribution in [3.8, 4) is 5.75 Å². The van der Waals surface area contributed by atoms with Gasteiger partial charge in [0.15, 0.2) is 0 Å². The van der Waals surface area contributed by atoms with Gasteiger partial charge in [-0.1, -0.05) is 11.6 Å². The molecule has 6 heteroatoms. The van der Waals surface area contributed by atoms with Gasteiger partial charge in [0.05, 0.1) is 12.1 Å². The zero-order chi connectivity index (χ0) is 14.5. The standard InChI is InChI=1S/C14H11ClO5/c1-18-14(17)13-5-3-10(20-13)8-19-12-4-2-9(7-16)6-11(12)15/h2-7H,8H2,1H3. The minimum Gasteiger partial charge on any atom is -0.484 e. The summed E-state index contributed by atoms with van der Waals surface area (Å²) in [5.74, 6) is 0.437. The summed E-state index contributed by atoms with van der Waals surface area (Å²) < 4.78 is 15.2. The summed E-state index contributed by atoms with van der Waals surface area (Å²) in [7, 11) is 1.27. The smallest absolute Gasteiger partial charge is 0.373 e. The highest BCUT2D eigenvalue weighted by Crippen LogP contribution is 2.26. The number of rotatable bonds is 5. The van der Waals surface area contributed by atoms with Crippen LogP contribution in [0.2, 0.25) is 5.02 Å². The summed E-state index contributed by atoms with van der Waals surface area (Å²) >= 11 is 5.96. The van der Waals surface area contributed by atoms with E-state index in [1.807, 2.05) is 0 Å². The van der Waals surface area contributed by atoms with Gasteiger partial charge in [0.1, 0.15) is 24.4 Å². The molecule has 0 amide bonds. The first-order valence-corrected chi connectivity index (χ1v) is 6.06. The summed E-state index contributed by atoms with van der Waals surface area (Å²) in [5.41, 5.74) is 0.466. The molecule has 0 saturated heterocycles. The van der Waals surface area contributed by atoms with E-state index in [0.717, 1.165) is 0 Å². The number of carbonyl (C=O) groups excluding carboxylic acids is 2. The first-order chi connectivity index (χ1) is 9.63. The van der Waals surface area contributed by atoms with Crippen LogP contribution in [0.1, 0.15) is 26.7 Å². The molecule has 0 aliphatic heterocycles. The highest BCUT2D eigenvalue weighted by Gasteiger charge is 2.12. The SMILES string of the molecule is COC(=O)c1ccc(COc2ccc(C=O)cc2Cl)o1. The van der Waals surface area contributed by atoms with Gasteiger partial charge in [-0.15, -0.1) is 0 Å². The third-order valence-electron chi connectivity index (χ3n) is 2.51. The minimum atomic E-state index is -0.551. The molecule has 0 atom stereocenters. The predicted octanol–water partition coefficient (Wildman–Crippen LogP) is 3.11. The molecule has 1 aromatic carbocycles. The lowest BCUT2D eigenvalue weighted by atomic mass is 10.2. The van der Waals surface area contributed by atoms with E-state index in [1.165, 1.54) is 19.2 Å². The highest BCUT2D eigenvalue weighted by molar-refractivity contribution is 6.32. The van der Waals surface area contributed by atoms with Gasteiger partial charge in [-0.25, -0.2) is 4.79 Å². The van der Waals surface area contributed by atoms with E-state index in [0.29, 0.717) is 28.4 Å². The lowest BCUT2D eigenvalue weighted by Gasteiger charge is -2.06. The Morgan fingerprint density at radius 1 is 1.35 bits per heavy atom. The Morgan fingerprint density at radius 3 is 2.80 bits per heavy atom. The van der Waals surface area contributed by atoms with Crippen molar-refractivity contribution in [2.45, 2.75) is 6.61 Å². The van der Waals surface area contributed by atoms with Gasteiger partial charge < -0.3 is 13.9 Å². The van der Waals surface area contributed by atoms with E-state index in [2.05, 4.69) is 4.74 Å². The van der Waals surface area contributed by atoms with E-state index in [9.17, 15) is 9.59 Å². The Hall–Kier alpha value is -2.27. The maximum Gasteiger partial charge on any atom is 0.373 e. The van der Waals surface area contributed by atoms with Gasteiger partial charge in [-0.2, -0.15) is 0 Å². The summed E-state index contributed by atoms with van der Waals surface area (Å²) in [4.78, 5) is 21.8. The van der Waals surface area contributed by atoms with Crippen molar-refractivity contribution in [1.29, 1.82) is 0 Å². The van der Waals surface area contributed by atoms with Crippen LogP contribution in [0, 0.1) is 0 Å². The van der Waals surface area contributed by atoms with Crippen molar-refractivity contribution in [3.05, 3.63) is 52.4 Å². The highest BCUT2D eigenvalue weighted by atomic mass is 35.5. The first-order valence-electron chi connectivity index (χ1n) is 5.68. The van der Waals surface area contributed by atoms with Crippen LogP contribution >= 0.6 is 11.6 Å². The fourth-order valence-corrected chi connectivity index (χ4v) is 1.77. The van der Waals surface area contributed by atoms with Crippen LogP contribution in [0.5, 0.6) is 5.75 Å². The van der Waals surface area contributed by atoms with Crippen molar-refractivity contribution in [2.24, 2.45) is 0 Å². The van der Waals surface area contributed by atoms with Crippen molar-refractivity contribution in [1.82, 2.24) is 0 Å². The summed E-state index contributed by atoms with van der Waals surface area (Å²) in [6.07, 6.45) is 0.699. The summed E-state index contributed by atoms with van der Waals surface area (Å²) in [6.45, 7) is 0.108. The quantitative estimate of drug-likeness (QED) is 0.626. The predicted molar refractivity (Wildman–Crippen MR) is 71.2 cm³/mol. The molecule has 0 spiro atoms. The van der Waals surface area contributed by atoms with Crippen molar-refractivity contribution < 1.29 is 23.5 Å². The monoisotopic (exact) mass is 294 g/mol. The van der Waals surface area contributed by atoms with E-state index in [1.54, 1.807) is 18.2 Å². The van der Waals surface area contributed by atoms with Crippen LogP contribution in [0.25, 0.3) is 0 Å². The summed E-state index contributed by atoms with van der Waals surface area (Å²) in [6, 6.07) is 7.81. The van der Waals surface area contributed by atoms with Crippen LogP contribution in [-0.2, 0) is 11.3 Å². The van der Waals surface area contributed by atoms with Crippen molar-refractivity contribution >= 4 is 23.9 Å². The second-order valence-electron chi connectivity index (χ2n) is 3.85. The molecular formula is C14H11ClO5. The Morgan fingerprint density at radius 2 is 2.15 bits per heavy atom. The van der Waals surface area contributed by atoms with E-state index >= 15 is 0 Å². The summed E-state index contributed by atoms with van der Waals surface area (Å²) in [5, 5.41) is 0.328. The number of furan rings is 1. The maximum atomic E-state index is 11.2. The number of carbonyl (C=O) groups is 2. The minimum absolute atomic E-state index is 0.105. The van der Waals surface area contributed by atoms with E-state index in [-0.39, 0.29) is 12.4 Å². The fraction of sp³-hybridized carbons (Fsp3) is 0.143. The number of methoxy groups -OCH3 is 1. The molecule has 0 radical (unpaired) electrons. The van der Waals surface area contributed by atoms with Gasteiger partial charge in [0.25, 0.3) is 0 Å². The van der Waals surface area contributed by atoms with E-state index in [4.69, 9.17) is 20.8 Å². The Kier molecular flexibility index (Phi) is 4.42. The van der Waals surface area contributed by atoms with Crippen LogP contribution in [0.3, 0.4) is 0 Å². The number of ether oxygens (including phenoxy) is 2. The lowest BCUT2D eigenvalue weighted by Crippen LogP contribution is -1.99. The molecule has 104 valence electrons. The number of aldehydes is 1. The Labute approximate surface area is 120 Å². The number of hydrogen-bond acceptors (Lipinski definition) is 5. The molecule has 0 saturated carbocycles. The van der Waals surface area contributed by atoms with Crippen molar-refractivity contribution in [2.75, 3.05) is 7.11 Å². The normalized spacial score (nSPS) is 10.1. The van der Waals surface area contributed by atoms with Crippen LogP contribution < -0.4 is 4.74 Å². The molecule has 0 aliphatic rings. The van der Waals surface area contributed by atoms with Gasteiger partial charge in [-0.05, 0) is 30.3 Å². The molecule has 2 aromatic rings. The number of halogens is 1. The second-order valence-corrected chi connectivity index (χ2v) is 4.26. The Bertz CT molecular complexity index is 632. The van der Waals surface area contributed by atoms with Gasteiger partial charge >= 0.3 is 5.97 Å². The molecule has 1 aromatic heterocycles. The maximum absolute atomic E-state index is 11.2. The fourth-order valence-electron chi connectivity index (χ4n) is 1.52. The average Bonchev–Trinajstić information content (AvgIpc) is 2.94. The molecular weight excluding hydrogens is 284 g/mol. The molecule has 2 rings (SSSR count).